The Hall–Kier alpha value is -1.72. The Morgan fingerprint density at radius 1 is 1.26 bits per heavy atom. The molecule has 0 atom stereocenters. The van der Waals surface area contributed by atoms with Crippen LogP contribution in [-0.4, -0.2) is 21.6 Å². The zero-order valence-electron chi connectivity index (χ0n) is 11.5. The third kappa shape index (κ3) is 3.62. The van der Waals surface area contributed by atoms with Crippen LogP contribution in [0.3, 0.4) is 0 Å². The van der Waals surface area contributed by atoms with Crippen molar-refractivity contribution in [1.29, 1.82) is 0 Å². The minimum atomic E-state index is 0.289. The molecule has 5 heteroatoms. The van der Waals surface area contributed by atoms with Gasteiger partial charge in [-0.25, -0.2) is 0 Å². The average Bonchev–Trinajstić information content (AvgIpc) is 2.88. The lowest BCUT2D eigenvalue weighted by molar-refractivity contribution is 0.258. The molecule has 2 rings (SSSR count). The Balaban J connectivity index is 2.02. The number of hydrogen-bond donors (Lipinski definition) is 1. The van der Waals surface area contributed by atoms with Gasteiger partial charge in [0.05, 0.1) is 13.1 Å². The summed E-state index contributed by atoms with van der Waals surface area (Å²) in [5.74, 6) is 1.18. The van der Waals surface area contributed by atoms with Crippen LogP contribution >= 0.6 is 0 Å². The van der Waals surface area contributed by atoms with Crippen molar-refractivity contribution in [2.24, 2.45) is 5.73 Å². The van der Waals surface area contributed by atoms with Crippen LogP contribution in [0.2, 0.25) is 0 Å². The number of hydrogen-bond acceptors (Lipinski definition) is 5. The zero-order chi connectivity index (χ0) is 13.7. The van der Waals surface area contributed by atoms with E-state index in [2.05, 4.69) is 53.2 Å². The van der Waals surface area contributed by atoms with Gasteiger partial charge in [0.1, 0.15) is 0 Å². The summed E-state index contributed by atoms with van der Waals surface area (Å²) in [5, 5.41) is 3.93. The van der Waals surface area contributed by atoms with Gasteiger partial charge >= 0.3 is 0 Å². The van der Waals surface area contributed by atoms with Gasteiger partial charge in [0.25, 0.3) is 0 Å². The highest BCUT2D eigenvalue weighted by molar-refractivity contribution is 5.25. The normalized spacial score (nSPS) is 11.2. The highest BCUT2D eigenvalue weighted by atomic mass is 16.5. The van der Waals surface area contributed by atoms with Crippen LogP contribution in [0.15, 0.2) is 28.8 Å². The highest BCUT2D eigenvalue weighted by Crippen LogP contribution is 2.12. The minimum Gasteiger partial charge on any atom is -0.338 e. The predicted molar refractivity (Wildman–Crippen MR) is 73.2 cm³/mol. The van der Waals surface area contributed by atoms with E-state index in [1.54, 1.807) is 0 Å². The summed E-state index contributed by atoms with van der Waals surface area (Å²) in [6.07, 6.45) is 0. The van der Waals surface area contributed by atoms with Gasteiger partial charge in [-0.1, -0.05) is 36.3 Å². The van der Waals surface area contributed by atoms with E-state index in [-0.39, 0.29) is 6.54 Å². The van der Waals surface area contributed by atoms with E-state index in [1.807, 2.05) is 0 Å². The molecule has 1 aromatic carbocycles. The summed E-state index contributed by atoms with van der Waals surface area (Å²) < 4.78 is 5.02. The molecule has 102 valence electrons. The maximum Gasteiger partial charge on any atom is 0.240 e. The van der Waals surface area contributed by atoms with Gasteiger partial charge < -0.3 is 10.3 Å². The van der Waals surface area contributed by atoms with Crippen LogP contribution < -0.4 is 5.73 Å². The van der Waals surface area contributed by atoms with Gasteiger partial charge in [0, 0.05) is 6.54 Å². The molecule has 2 N–H and O–H groups in total. The van der Waals surface area contributed by atoms with Crippen LogP contribution in [-0.2, 0) is 19.6 Å². The van der Waals surface area contributed by atoms with Crippen LogP contribution in [0.4, 0.5) is 0 Å². The first-order valence-corrected chi connectivity index (χ1v) is 6.51. The molecule has 2 aromatic rings. The molecule has 0 spiro atoms. The van der Waals surface area contributed by atoms with Crippen molar-refractivity contribution >= 4 is 0 Å². The number of aromatic nitrogens is 2. The third-order valence-corrected chi connectivity index (χ3v) is 3.15. The van der Waals surface area contributed by atoms with Crippen LogP contribution in [0.1, 0.15) is 29.8 Å². The van der Waals surface area contributed by atoms with Gasteiger partial charge in [-0.15, -0.1) is 0 Å². The van der Waals surface area contributed by atoms with Gasteiger partial charge in [-0.2, -0.15) is 4.98 Å². The van der Waals surface area contributed by atoms with E-state index in [4.69, 9.17) is 10.3 Å². The Kier molecular flexibility index (Phi) is 4.65. The third-order valence-electron chi connectivity index (χ3n) is 3.15. The largest absolute Gasteiger partial charge is 0.338 e. The molecule has 5 nitrogen and oxygen atoms in total. The summed E-state index contributed by atoms with van der Waals surface area (Å²) in [4.78, 5) is 6.51. The molecule has 0 aliphatic carbocycles. The molecule has 0 radical (unpaired) electrons. The summed E-state index contributed by atoms with van der Waals surface area (Å²) in [6, 6.07) is 8.41. The molecule has 0 bridgehead atoms. The highest BCUT2D eigenvalue weighted by Gasteiger charge is 2.11. The van der Waals surface area contributed by atoms with E-state index in [1.165, 1.54) is 11.1 Å². The second-order valence-electron chi connectivity index (χ2n) is 4.54. The van der Waals surface area contributed by atoms with Gasteiger partial charge in [0.15, 0.2) is 5.82 Å². The van der Waals surface area contributed by atoms with Crippen molar-refractivity contribution in [1.82, 2.24) is 15.0 Å². The summed E-state index contributed by atoms with van der Waals surface area (Å²) in [7, 11) is 0. The molecule has 0 aliphatic rings. The summed E-state index contributed by atoms with van der Waals surface area (Å²) >= 11 is 0. The van der Waals surface area contributed by atoms with E-state index < -0.39 is 0 Å². The molecular weight excluding hydrogens is 240 g/mol. The van der Waals surface area contributed by atoms with Gasteiger partial charge in [-0.05, 0) is 24.6 Å². The maximum atomic E-state index is 5.46. The number of aryl methyl sites for hydroxylation is 1. The average molecular weight is 260 g/mol. The monoisotopic (exact) mass is 260 g/mol. The molecule has 0 fully saturated rings. The van der Waals surface area contributed by atoms with Crippen LogP contribution in [0.5, 0.6) is 0 Å². The van der Waals surface area contributed by atoms with Gasteiger partial charge in [-0.3, -0.25) is 4.90 Å². The lowest BCUT2D eigenvalue weighted by atomic mass is 10.1. The second-order valence-corrected chi connectivity index (χ2v) is 4.54. The first-order chi connectivity index (χ1) is 9.22. The van der Waals surface area contributed by atoms with E-state index in [0.717, 1.165) is 13.1 Å². The Morgan fingerprint density at radius 3 is 2.68 bits per heavy atom. The van der Waals surface area contributed by atoms with E-state index in [9.17, 15) is 0 Å². The number of nitrogens with two attached hydrogens (primary N) is 1. The first kappa shape index (κ1) is 13.7. The fourth-order valence-corrected chi connectivity index (χ4v) is 1.95. The molecule has 0 saturated carbocycles. The van der Waals surface area contributed by atoms with Crippen LogP contribution in [0, 0.1) is 6.92 Å². The smallest absolute Gasteiger partial charge is 0.240 e. The summed E-state index contributed by atoms with van der Waals surface area (Å²) in [5.41, 5.74) is 8.09. The topological polar surface area (TPSA) is 68.2 Å². The summed E-state index contributed by atoms with van der Waals surface area (Å²) in [6.45, 7) is 7.04. The molecule has 0 unspecified atom stereocenters. The Labute approximate surface area is 113 Å². The van der Waals surface area contributed by atoms with E-state index >= 15 is 0 Å². The van der Waals surface area contributed by atoms with Crippen molar-refractivity contribution in [2.75, 3.05) is 6.54 Å². The molecule has 1 heterocycles. The number of nitrogens with zero attached hydrogens (tertiary/aromatic N) is 3. The maximum absolute atomic E-state index is 5.46. The standard InChI is InChI=1S/C14H20N4O/c1-3-18(9-12-7-5-4-6-11(12)2)10-13-16-14(8-15)19-17-13/h4-7H,3,8-10,15H2,1-2H3. The fourth-order valence-electron chi connectivity index (χ4n) is 1.95. The zero-order valence-corrected chi connectivity index (χ0v) is 11.5. The molecule has 0 amide bonds. The Bertz CT molecular complexity index is 524. The number of benzene rings is 1. The van der Waals surface area contributed by atoms with Crippen LogP contribution in [0.25, 0.3) is 0 Å². The predicted octanol–water partition coefficient (Wildman–Crippen LogP) is 1.86. The molecule has 0 aliphatic heterocycles. The van der Waals surface area contributed by atoms with Crippen molar-refractivity contribution in [2.45, 2.75) is 33.5 Å². The van der Waals surface area contributed by atoms with Crippen molar-refractivity contribution in [3.8, 4) is 0 Å². The van der Waals surface area contributed by atoms with Crippen molar-refractivity contribution in [3.05, 3.63) is 47.1 Å². The Morgan fingerprint density at radius 2 is 2.05 bits per heavy atom. The van der Waals surface area contributed by atoms with Crippen molar-refractivity contribution in [3.63, 3.8) is 0 Å². The van der Waals surface area contributed by atoms with Gasteiger partial charge in [0.2, 0.25) is 5.89 Å². The molecule has 19 heavy (non-hydrogen) atoms. The number of rotatable bonds is 6. The van der Waals surface area contributed by atoms with E-state index in [0.29, 0.717) is 18.3 Å². The lowest BCUT2D eigenvalue weighted by Crippen LogP contribution is -2.23. The SMILES string of the molecule is CCN(Cc1noc(CN)n1)Cc1ccccc1C. The molecule has 1 aromatic heterocycles. The minimum absolute atomic E-state index is 0.289. The van der Waals surface area contributed by atoms with Crippen molar-refractivity contribution < 1.29 is 4.52 Å². The fraction of sp³-hybridized carbons (Fsp3) is 0.429. The lowest BCUT2D eigenvalue weighted by Gasteiger charge is -2.19. The quantitative estimate of drug-likeness (QED) is 0.858. The first-order valence-electron chi connectivity index (χ1n) is 6.51. The molecular formula is C14H20N4O. The molecule has 0 saturated heterocycles. The second kappa shape index (κ2) is 6.45.